The Morgan fingerprint density at radius 1 is 0.700 bits per heavy atom. The van der Waals surface area contributed by atoms with Gasteiger partial charge in [-0.3, -0.25) is 19.3 Å². The van der Waals surface area contributed by atoms with Crippen molar-refractivity contribution < 1.29 is 18.8 Å². The molecule has 6 rings (SSSR count). The summed E-state index contributed by atoms with van der Waals surface area (Å²) < 4.78 is 6.03. The molecule has 6 aromatic rings. The Hall–Kier alpha value is -6.12. The molecule has 8 heteroatoms. The zero-order chi connectivity index (χ0) is 34.9. The van der Waals surface area contributed by atoms with Crippen LogP contribution in [0.15, 0.2) is 167 Å². The summed E-state index contributed by atoms with van der Waals surface area (Å²) in [5, 5.41) is 5.22. The lowest BCUT2D eigenvalue weighted by Gasteiger charge is -2.26. The van der Waals surface area contributed by atoms with Crippen LogP contribution in [0.5, 0.6) is 0 Å². The van der Waals surface area contributed by atoms with E-state index in [1.807, 2.05) is 123 Å². The Kier molecular flexibility index (Phi) is 10.7. The molecule has 1 aromatic heterocycles. The Bertz CT molecular complexity index is 2050. The van der Waals surface area contributed by atoms with Crippen LogP contribution in [-0.4, -0.2) is 23.0 Å². The van der Waals surface area contributed by atoms with Gasteiger partial charge >= 0.3 is 0 Å². The third-order valence-electron chi connectivity index (χ3n) is 7.80. The van der Waals surface area contributed by atoms with Crippen LogP contribution >= 0.6 is 11.8 Å². The molecule has 0 bridgehead atoms. The Morgan fingerprint density at radius 3 is 1.88 bits per heavy atom. The molecule has 0 fully saturated rings. The molecule has 1 atom stereocenters. The Labute approximate surface area is 295 Å². The van der Waals surface area contributed by atoms with Crippen molar-refractivity contribution >= 4 is 52.6 Å². The molecule has 7 nitrogen and oxygen atoms in total. The molecule has 0 radical (unpaired) electrons. The van der Waals surface area contributed by atoms with Crippen LogP contribution < -0.4 is 15.5 Å². The van der Waals surface area contributed by atoms with Crippen molar-refractivity contribution in [3.63, 3.8) is 0 Å². The molecule has 0 saturated carbocycles. The second-order valence-corrected chi connectivity index (χ2v) is 12.9. The second kappa shape index (κ2) is 15.9. The van der Waals surface area contributed by atoms with Crippen LogP contribution in [0, 0.1) is 6.92 Å². The Morgan fingerprint density at radius 2 is 1.28 bits per heavy atom. The lowest BCUT2D eigenvalue weighted by molar-refractivity contribution is -0.117. The van der Waals surface area contributed by atoms with Gasteiger partial charge in [-0.1, -0.05) is 84.4 Å². The molecular weight excluding hydrogens is 643 g/mol. The number of nitrogens with zero attached hydrogens (tertiary/aromatic N) is 1. The maximum atomic E-state index is 13.8. The van der Waals surface area contributed by atoms with Crippen LogP contribution in [0.3, 0.4) is 0 Å². The summed E-state index contributed by atoms with van der Waals surface area (Å²) in [6.07, 6.45) is 1.51. The zero-order valence-corrected chi connectivity index (χ0v) is 28.4. The van der Waals surface area contributed by atoms with E-state index < -0.39 is 17.1 Å². The number of benzene rings is 5. The molecule has 0 spiro atoms. The van der Waals surface area contributed by atoms with Crippen molar-refractivity contribution in [3.05, 3.63) is 174 Å². The van der Waals surface area contributed by atoms with Crippen molar-refractivity contribution in [1.82, 2.24) is 5.32 Å². The number of furan rings is 1. The molecule has 1 unspecified atom stereocenters. The maximum Gasteiger partial charge on any atom is 0.272 e. The van der Waals surface area contributed by atoms with Gasteiger partial charge in [-0.05, 0) is 86.6 Å². The van der Waals surface area contributed by atoms with Crippen LogP contribution in [-0.2, 0) is 9.59 Å². The van der Waals surface area contributed by atoms with E-state index in [9.17, 15) is 14.4 Å². The smallest absolute Gasteiger partial charge is 0.272 e. The average Bonchev–Trinajstić information content (AvgIpc) is 3.62. The van der Waals surface area contributed by atoms with E-state index in [1.165, 1.54) is 17.8 Å². The highest BCUT2D eigenvalue weighted by atomic mass is 32.2. The van der Waals surface area contributed by atoms with Crippen molar-refractivity contribution in [2.45, 2.75) is 24.0 Å². The molecule has 0 aliphatic carbocycles. The first-order chi connectivity index (χ1) is 24.3. The van der Waals surface area contributed by atoms with Gasteiger partial charge in [0.25, 0.3) is 11.8 Å². The number of hydrogen-bond donors (Lipinski definition) is 2. The first-order valence-corrected chi connectivity index (χ1v) is 17.0. The first-order valence-electron chi connectivity index (χ1n) is 16.1. The van der Waals surface area contributed by atoms with E-state index in [-0.39, 0.29) is 11.6 Å². The highest BCUT2D eigenvalue weighted by Crippen LogP contribution is 2.32. The number of amides is 3. The van der Waals surface area contributed by atoms with Gasteiger partial charge in [0.1, 0.15) is 17.2 Å². The average molecular weight is 678 g/mol. The topological polar surface area (TPSA) is 91.7 Å². The third-order valence-corrected chi connectivity index (χ3v) is 8.90. The third kappa shape index (κ3) is 8.47. The summed E-state index contributed by atoms with van der Waals surface area (Å²) in [6.45, 7) is 3.90. The number of carbonyl (C=O) groups excluding carboxylic acids is 3. The van der Waals surface area contributed by atoms with Gasteiger partial charge in [0, 0.05) is 39.2 Å². The van der Waals surface area contributed by atoms with Gasteiger partial charge < -0.3 is 15.1 Å². The predicted molar refractivity (Wildman–Crippen MR) is 201 cm³/mol. The summed E-state index contributed by atoms with van der Waals surface area (Å²) in [6, 6.07) is 46.6. The van der Waals surface area contributed by atoms with Gasteiger partial charge in [-0.2, -0.15) is 0 Å². The summed E-state index contributed by atoms with van der Waals surface area (Å²) in [4.78, 5) is 43.1. The first kappa shape index (κ1) is 33.8. The van der Waals surface area contributed by atoms with Crippen molar-refractivity contribution in [1.29, 1.82) is 0 Å². The molecule has 0 saturated heterocycles. The van der Waals surface area contributed by atoms with Crippen LogP contribution in [0.4, 0.5) is 17.1 Å². The molecule has 0 aliphatic rings. The number of rotatable bonds is 11. The van der Waals surface area contributed by atoms with Crippen molar-refractivity contribution in [2.24, 2.45) is 0 Å². The van der Waals surface area contributed by atoms with Crippen LogP contribution in [0.25, 0.3) is 17.4 Å². The van der Waals surface area contributed by atoms with E-state index in [0.717, 1.165) is 27.4 Å². The largest absolute Gasteiger partial charge is 0.457 e. The van der Waals surface area contributed by atoms with Gasteiger partial charge in [0.2, 0.25) is 5.91 Å². The summed E-state index contributed by atoms with van der Waals surface area (Å²) in [7, 11) is 0. The molecule has 50 heavy (non-hydrogen) atoms. The summed E-state index contributed by atoms with van der Waals surface area (Å²) >= 11 is 1.43. The molecule has 0 aliphatic heterocycles. The van der Waals surface area contributed by atoms with Crippen molar-refractivity contribution in [3.8, 4) is 11.3 Å². The summed E-state index contributed by atoms with van der Waals surface area (Å²) in [5.74, 6) is 0.0409. The maximum absolute atomic E-state index is 13.8. The fraction of sp³-hybridized carbons (Fsp3) is 0.0714. The van der Waals surface area contributed by atoms with Gasteiger partial charge in [-0.15, -0.1) is 11.8 Å². The number of para-hydroxylation sites is 2. The highest BCUT2D eigenvalue weighted by molar-refractivity contribution is 8.00. The number of thioether (sulfide) groups is 1. The van der Waals surface area contributed by atoms with E-state index >= 15 is 0 Å². The van der Waals surface area contributed by atoms with Crippen LogP contribution in [0.2, 0.25) is 0 Å². The van der Waals surface area contributed by atoms with E-state index in [2.05, 4.69) is 10.6 Å². The van der Waals surface area contributed by atoms with Gasteiger partial charge in [-0.25, -0.2) is 0 Å². The molecule has 5 aromatic carbocycles. The molecule has 2 N–H and O–H groups in total. The molecule has 3 amide bonds. The molecule has 248 valence electrons. The number of anilines is 3. The van der Waals surface area contributed by atoms with E-state index in [0.29, 0.717) is 22.8 Å². The SMILES string of the molecule is Cc1ccc(-c2ccc(C=C(NC(=O)c3ccccc3)C(=O)Nc3ccc(SC(C)C(=O)N(c4ccccc4)c4ccccc4)cc3)o2)cc1. The lowest BCUT2D eigenvalue weighted by atomic mass is 10.1. The number of carbonyl (C=O) groups is 3. The highest BCUT2D eigenvalue weighted by Gasteiger charge is 2.24. The number of hydrogen-bond acceptors (Lipinski definition) is 5. The summed E-state index contributed by atoms with van der Waals surface area (Å²) in [5.41, 5.74) is 4.56. The van der Waals surface area contributed by atoms with Gasteiger partial charge in [0.15, 0.2) is 0 Å². The van der Waals surface area contributed by atoms with E-state index in [4.69, 9.17) is 4.42 Å². The monoisotopic (exact) mass is 677 g/mol. The minimum absolute atomic E-state index is 0.0169. The predicted octanol–water partition coefficient (Wildman–Crippen LogP) is 9.51. The number of nitrogens with one attached hydrogen (secondary N) is 2. The minimum atomic E-state index is -0.520. The fourth-order valence-corrected chi connectivity index (χ4v) is 6.11. The standard InChI is InChI=1S/C42H35N3O4S/c1-29-18-20-31(21-19-29)39-27-24-36(49-39)28-38(44-40(46)32-12-6-3-7-13-32)41(47)43-33-22-25-37(26-23-33)50-30(2)42(48)45(34-14-8-4-9-15-34)35-16-10-5-11-17-35/h3-28,30H,1-2H3,(H,43,47)(H,44,46). The fourth-order valence-electron chi connectivity index (χ4n) is 5.20. The normalized spacial score (nSPS) is 11.8. The van der Waals surface area contributed by atoms with Crippen molar-refractivity contribution in [2.75, 3.05) is 10.2 Å². The molecular formula is C42H35N3O4S. The second-order valence-electron chi connectivity index (χ2n) is 11.5. The van der Waals surface area contributed by atoms with Crippen LogP contribution in [0.1, 0.15) is 28.6 Å². The zero-order valence-electron chi connectivity index (χ0n) is 27.6. The number of aryl methyl sites for hydroxylation is 1. The lowest BCUT2D eigenvalue weighted by Crippen LogP contribution is -2.32. The molecule has 1 heterocycles. The van der Waals surface area contributed by atoms with E-state index in [1.54, 1.807) is 47.4 Å². The Balaban J connectivity index is 1.17. The van der Waals surface area contributed by atoms with Gasteiger partial charge in [0.05, 0.1) is 5.25 Å². The quantitative estimate of drug-likeness (QED) is 0.105. The minimum Gasteiger partial charge on any atom is -0.457 e.